The topological polar surface area (TPSA) is 36.7 Å². The molecule has 0 radical (unpaired) electrons. The fraction of sp³-hybridized carbons (Fsp3) is 0.478. The average Bonchev–Trinajstić information content (AvgIpc) is 3.68. The highest BCUT2D eigenvalue weighted by atomic mass is 19.4. The minimum Gasteiger partial charge on any atom is -0.367 e. The Morgan fingerprint density at radius 1 is 1.00 bits per heavy atom. The van der Waals surface area contributed by atoms with E-state index in [4.69, 9.17) is 0 Å². The number of piperazine rings is 1. The molecule has 3 fully saturated rings. The molecule has 0 unspecified atom stereocenters. The number of fused-ring (bicyclic) bond motifs is 1. The van der Waals surface area contributed by atoms with Gasteiger partial charge in [-0.25, -0.2) is 0 Å². The number of aromatic nitrogens is 3. The van der Waals surface area contributed by atoms with Gasteiger partial charge in [-0.05, 0) is 49.8 Å². The van der Waals surface area contributed by atoms with Gasteiger partial charge in [-0.3, -0.25) is 4.40 Å². The lowest BCUT2D eigenvalue weighted by atomic mass is 10.1. The lowest BCUT2D eigenvalue weighted by Gasteiger charge is -2.45. The van der Waals surface area contributed by atoms with Gasteiger partial charge in [0.15, 0.2) is 5.65 Å². The molecule has 2 aromatic heterocycles. The van der Waals surface area contributed by atoms with E-state index in [9.17, 15) is 13.2 Å². The van der Waals surface area contributed by atoms with Gasteiger partial charge < -0.3 is 9.80 Å². The molecule has 162 valence electrons. The van der Waals surface area contributed by atoms with Gasteiger partial charge in [0, 0.05) is 37.9 Å². The molecule has 0 amide bonds. The van der Waals surface area contributed by atoms with Crippen LogP contribution in [0.1, 0.15) is 37.1 Å². The first-order chi connectivity index (χ1) is 14.9. The van der Waals surface area contributed by atoms with Crippen molar-refractivity contribution in [2.75, 3.05) is 29.4 Å². The van der Waals surface area contributed by atoms with Crippen molar-refractivity contribution in [2.45, 2.75) is 43.8 Å². The van der Waals surface area contributed by atoms with Gasteiger partial charge in [-0.2, -0.15) is 13.2 Å². The largest absolute Gasteiger partial charge is 0.422 e. The summed E-state index contributed by atoms with van der Waals surface area (Å²) in [6.07, 6.45) is 2.16. The van der Waals surface area contributed by atoms with Gasteiger partial charge in [-0.15, -0.1) is 10.2 Å². The SMILES string of the molecule is FC(F)(F)c1c(N2CCN(c3ccccc3)C3(CC3)C2)ccn2c(CC3CC3)nnc12. The van der Waals surface area contributed by atoms with Crippen LogP contribution in [0.25, 0.3) is 5.65 Å². The fourth-order valence-corrected chi connectivity index (χ4v) is 5.02. The number of pyridine rings is 1. The Bertz CT molecular complexity index is 1120. The molecular weight excluding hydrogens is 403 g/mol. The van der Waals surface area contributed by atoms with Crippen molar-refractivity contribution in [1.29, 1.82) is 0 Å². The van der Waals surface area contributed by atoms with Gasteiger partial charge >= 0.3 is 6.18 Å². The quantitative estimate of drug-likeness (QED) is 0.612. The van der Waals surface area contributed by atoms with Crippen LogP contribution < -0.4 is 9.80 Å². The highest BCUT2D eigenvalue weighted by molar-refractivity contribution is 5.68. The van der Waals surface area contributed by atoms with Crippen LogP contribution in [0.4, 0.5) is 24.5 Å². The molecule has 1 aromatic carbocycles. The second kappa shape index (κ2) is 6.61. The number of para-hydroxylation sites is 1. The predicted molar refractivity (Wildman–Crippen MR) is 112 cm³/mol. The minimum absolute atomic E-state index is 0.0732. The molecule has 1 spiro atoms. The number of alkyl halides is 3. The molecule has 0 atom stereocenters. The molecule has 3 heterocycles. The molecule has 0 N–H and O–H groups in total. The summed E-state index contributed by atoms with van der Waals surface area (Å²) in [7, 11) is 0. The maximum absolute atomic E-state index is 14.2. The van der Waals surface area contributed by atoms with E-state index in [-0.39, 0.29) is 16.9 Å². The number of rotatable bonds is 4. The van der Waals surface area contributed by atoms with Crippen molar-refractivity contribution in [3.8, 4) is 0 Å². The van der Waals surface area contributed by atoms with Crippen LogP contribution in [-0.4, -0.2) is 39.8 Å². The molecule has 6 rings (SSSR count). The number of halogens is 3. The molecule has 2 aliphatic carbocycles. The molecule has 8 heteroatoms. The lowest BCUT2D eigenvalue weighted by Crippen LogP contribution is -2.55. The van der Waals surface area contributed by atoms with E-state index in [1.54, 1.807) is 12.3 Å². The monoisotopic (exact) mass is 427 g/mol. The Morgan fingerprint density at radius 3 is 2.45 bits per heavy atom. The summed E-state index contributed by atoms with van der Waals surface area (Å²) in [5.41, 5.74) is 0.557. The third kappa shape index (κ3) is 3.23. The van der Waals surface area contributed by atoms with Crippen molar-refractivity contribution in [3.63, 3.8) is 0 Å². The van der Waals surface area contributed by atoms with Crippen LogP contribution in [0.3, 0.4) is 0 Å². The summed E-state index contributed by atoms with van der Waals surface area (Å²) in [6.45, 7) is 1.83. The Hall–Kier alpha value is -2.77. The Labute approximate surface area is 178 Å². The average molecular weight is 427 g/mol. The molecule has 0 bridgehead atoms. The van der Waals surface area contributed by atoms with Crippen molar-refractivity contribution in [2.24, 2.45) is 5.92 Å². The maximum Gasteiger partial charge on any atom is 0.422 e. The molecular formula is C23H24F3N5. The van der Waals surface area contributed by atoms with Crippen molar-refractivity contribution in [3.05, 3.63) is 54.0 Å². The van der Waals surface area contributed by atoms with E-state index < -0.39 is 11.7 Å². The van der Waals surface area contributed by atoms with Crippen molar-refractivity contribution in [1.82, 2.24) is 14.6 Å². The van der Waals surface area contributed by atoms with Gasteiger partial charge in [0.05, 0.1) is 11.2 Å². The second-order valence-corrected chi connectivity index (χ2v) is 9.16. The second-order valence-electron chi connectivity index (χ2n) is 9.16. The molecule has 2 saturated carbocycles. The van der Waals surface area contributed by atoms with Gasteiger partial charge in [0.2, 0.25) is 0 Å². The first kappa shape index (κ1) is 19.0. The van der Waals surface area contributed by atoms with Crippen LogP contribution in [-0.2, 0) is 12.6 Å². The van der Waals surface area contributed by atoms with E-state index in [1.807, 2.05) is 23.1 Å². The summed E-state index contributed by atoms with van der Waals surface area (Å²) < 4.78 is 44.3. The standard InChI is InChI=1S/C23H24F3N5/c24-23(25,26)20-18(8-11-30-19(14-16-6-7-16)27-28-21(20)30)29-12-13-31(22(15-29)9-10-22)17-4-2-1-3-5-17/h1-5,8,11,16H,6-7,9-10,12-15H2. The summed E-state index contributed by atoms with van der Waals surface area (Å²) in [5.74, 6) is 1.16. The lowest BCUT2D eigenvalue weighted by molar-refractivity contribution is -0.136. The third-order valence-corrected chi connectivity index (χ3v) is 6.97. The first-order valence-corrected chi connectivity index (χ1v) is 11.0. The zero-order chi connectivity index (χ0) is 21.2. The molecule has 1 aliphatic heterocycles. The summed E-state index contributed by atoms with van der Waals surface area (Å²) in [6, 6.07) is 11.8. The highest BCUT2D eigenvalue weighted by Crippen LogP contribution is 2.48. The van der Waals surface area contributed by atoms with Crippen LogP contribution in [0.5, 0.6) is 0 Å². The van der Waals surface area contributed by atoms with E-state index >= 15 is 0 Å². The molecule has 1 saturated heterocycles. The maximum atomic E-state index is 14.2. The van der Waals surface area contributed by atoms with Crippen molar-refractivity contribution >= 4 is 17.0 Å². The smallest absolute Gasteiger partial charge is 0.367 e. The number of anilines is 2. The minimum atomic E-state index is -4.49. The van der Waals surface area contributed by atoms with E-state index in [0.29, 0.717) is 37.8 Å². The van der Waals surface area contributed by atoms with E-state index in [2.05, 4.69) is 27.2 Å². The van der Waals surface area contributed by atoms with Gasteiger partial charge in [0.1, 0.15) is 11.4 Å². The number of nitrogens with zero attached hydrogens (tertiary/aromatic N) is 5. The Morgan fingerprint density at radius 2 is 1.77 bits per heavy atom. The summed E-state index contributed by atoms with van der Waals surface area (Å²) in [4.78, 5) is 4.28. The van der Waals surface area contributed by atoms with E-state index in [1.165, 1.54) is 4.40 Å². The highest BCUT2D eigenvalue weighted by Gasteiger charge is 2.52. The molecule has 3 aromatic rings. The predicted octanol–water partition coefficient (Wildman–Crippen LogP) is 4.56. The Kier molecular flexibility index (Phi) is 4.04. The Balaban J connectivity index is 1.37. The fourth-order valence-electron chi connectivity index (χ4n) is 5.02. The van der Waals surface area contributed by atoms with E-state index in [0.717, 1.165) is 31.4 Å². The van der Waals surface area contributed by atoms with Crippen molar-refractivity contribution < 1.29 is 13.2 Å². The van der Waals surface area contributed by atoms with Crippen LogP contribution in [0.2, 0.25) is 0 Å². The molecule has 5 nitrogen and oxygen atoms in total. The van der Waals surface area contributed by atoms with Gasteiger partial charge in [-0.1, -0.05) is 18.2 Å². The zero-order valence-electron chi connectivity index (χ0n) is 17.1. The van der Waals surface area contributed by atoms with Crippen LogP contribution in [0.15, 0.2) is 42.6 Å². The molecule has 31 heavy (non-hydrogen) atoms. The third-order valence-electron chi connectivity index (χ3n) is 6.97. The van der Waals surface area contributed by atoms with Gasteiger partial charge in [0.25, 0.3) is 0 Å². The summed E-state index contributed by atoms with van der Waals surface area (Å²) >= 11 is 0. The summed E-state index contributed by atoms with van der Waals surface area (Å²) in [5, 5.41) is 8.11. The van der Waals surface area contributed by atoms with Crippen LogP contribution in [0, 0.1) is 5.92 Å². The normalized spacial score (nSPS) is 20.6. The zero-order valence-corrected chi connectivity index (χ0v) is 17.1. The van der Waals surface area contributed by atoms with Crippen LogP contribution >= 0.6 is 0 Å². The molecule has 3 aliphatic rings. The number of benzene rings is 1. The first-order valence-electron chi connectivity index (χ1n) is 11.0. The number of hydrogen-bond donors (Lipinski definition) is 0. The number of hydrogen-bond acceptors (Lipinski definition) is 4.